The van der Waals surface area contributed by atoms with E-state index in [1.807, 2.05) is 38.1 Å². The van der Waals surface area contributed by atoms with Crippen LogP contribution in [-0.4, -0.2) is 13.8 Å². The smallest absolute Gasteiger partial charge is 0.118 e. The van der Waals surface area contributed by atoms with E-state index in [1.165, 1.54) is 0 Å². The first-order valence-electron chi connectivity index (χ1n) is 4.77. The van der Waals surface area contributed by atoms with Crippen molar-refractivity contribution in [1.82, 2.24) is 0 Å². The minimum atomic E-state index is 0.256. The molecular weight excluding hydrogens is 178 g/mol. The molecule has 0 fully saturated rings. The van der Waals surface area contributed by atoms with E-state index in [9.17, 15) is 0 Å². The predicted octanol–water partition coefficient (Wildman–Crippen LogP) is 2.15. The minimum absolute atomic E-state index is 0.256. The summed E-state index contributed by atoms with van der Waals surface area (Å²) >= 11 is 0. The van der Waals surface area contributed by atoms with Gasteiger partial charge >= 0.3 is 0 Å². The number of nitrogens with two attached hydrogens (primary N) is 1. The molecule has 2 N–H and O–H groups in total. The molecule has 0 saturated carbocycles. The van der Waals surface area contributed by atoms with Gasteiger partial charge < -0.3 is 15.2 Å². The van der Waals surface area contributed by atoms with E-state index in [1.54, 1.807) is 7.11 Å². The molecule has 0 aliphatic rings. The topological polar surface area (TPSA) is 44.5 Å². The Labute approximate surface area is 85.8 Å². The fourth-order valence-corrected chi connectivity index (χ4v) is 0.899. The fraction of sp³-hybridized carbons (Fsp3) is 0.455. The molecule has 0 aliphatic heterocycles. The van der Waals surface area contributed by atoms with Gasteiger partial charge in [-0.05, 0) is 17.7 Å². The lowest BCUT2D eigenvalue weighted by Crippen LogP contribution is -2.04. The van der Waals surface area contributed by atoms with E-state index in [0.29, 0.717) is 6.61 Å². The highest BCUT2D eigenvalue weighted by molar-refractivity contribution is 5.26. The number of methoxy groups -OCH3 is 1. The molecule has 0 heterocycles. The van der Waals surface area contributed by atoms with Gasteiger partial charge in [-0.25, -0.2) is 0 Å². The van der Waals surface area contributed by atoms with Crippen LogP contribution in [0.2, 0.25) is 0 Å². The van der Waals surface area contributed by atoms with Gasteiger partial charge in [0.2, 0.25) is 0 Å². The van der Waals surface area contributed by atoms with Crippen LogP contribution in [-0.2, 0) is 11.3 Å². The molecule has 0 spiro atoms. The van der Waals surface area contributed by atoms with Crippen LogP contribution in [0.25, 0.3) is 0 Å². The summed E-state index contributed by atoms with van der Waals surface area (Å²) < 4.78 is 10.0. The Morgan fingerprint density at radius 1 is 1.14 bits per heavy atom. The van der Waals surface area contributed by atoms with Gasteiger partial charge in [0.1, 0.15) is 5.75 Å². The summed E-state index contributed by atoms with van der Waals surface area (Å²) in [5.41, 5.74) is 6.28. The molecule has 0 atom stereocenters. The zero-order valence-electron chi connectivity index (χ0n) is 9.12. The highest BCUT2D eigenvalue weighted by atomic mass is 16.5. The first-order valence-corrected chi connectivity index (χ1v) is 4.77. The van der Waals surface area contributed by atoms with E-state index < -0.39 is 0 Å². The highest BCUT2D eigenvalue weighted by Crippen LogP contribution is 2.11. The summed E-state index contributed by atoms with van der Waals surface area (Å²) in [6.45, 7) is 4.81. The molecule has 3 heteroatoms. The van der Waals surface area contributed by atoms with Crippen LogP contribution >= 0.6 is 0 Å². The second kappa shape index (κ2) is 8.53. The van der Waals surface area contributed by atoms with Gasteiger partial charge in [-0.3, -0.25) is 0 Å². The average Bonchev–Trinajstić information content (AvgIpc) is 2.30. The van der Waals surface area contributed by atoms with Crippen molar-refractivity contribution in [3.8, 4) is 5.75 Å². The number of hydrogen-bond donors (Lipinski definition) is 1. The number of rotatable bonds is 4. The minimum Gasteiger partial charge on any atom is -0.497 e. The molecule has 1 aromatic carbocycles. The molecule has 0 saturated heterocycles. The van der Waals surface area contributed by atoms with Crippen molar-refractivity contribution in [2.75, 3.05) is 13.8 Å². The first kappa shape index (κ1) is 12.9. The zero-order chi connectivity index (χ0) is 10.8. The second-order valence-electron chi connectivity index (χ2n) is 2.36. The molecular formula is C11H19NO2. The van der Waals surface area contributed by atoms with Gasteiger partial charge in [-0.1, -0.05) is 26.0 Å². The lowest BCUT2D eigenvalue weighted by molar-refractivity contribution is 0.127. The summed E-state index contributed by atoms with van der Waals surface area (Å²) in [6.07, 6.45) is 0. The third-order valence-corrected chi connectivity index (χ3v) is 1.55. The summed E-state index contributed by atoms with van der Waals surface area (Å²) in [7, 11) is 1.64. The van der Waals surface area contributed by atoms with Crippen LogP contribution in [0.5, 0.6) is 5.75 Å². The summed E-state index contributed by atoms with van der Waals surface area (Å²) in [4.78, 5) is 0. The largest absolute Gasteiger partial charge is 0.497 e. The molecule has 1 rings (SSSR count). The van der Waals surface area contributed by atoms with Gasteiger partial charge in [-0.15, -0.1) is 0 Å². The van der Waals surface area contributed by atoms with Crippen LogP contribution < -0.4 is 10.5 Å². The van der Waals surface area contributed by atoms with Crippen LogP contribution in [0.3, 0.4) is 0 Å². The van der Waals surface area contributed by atoms with Gasteiger partial charge in [0.05, 0.1) is 20.4 Å². The lowest BCUT2D eigenvalue weighted by atomic mass is 10.2. The van der Waals surface area contributed by atoms with Crippen molar-refractivity contribution >= 4 is 0 Å². The van der Waals surface area contributed by atoms with E-state index in [4.69, 9.17) is 15.2 Å². The molecule has 14 heavy (non-hydrogen) atoms. The molecule has 80 valence electrons. The van der Waals surface area contributed by atoms with Crippen molar-refractivity contribution < 1.29 is 9.47 Å². The Balaban J connectivity index is 0.000000791. The van der Waals surface area contributed by atoms with Crippen molar-refractivity contribution in [3.63, 3.8) is 0 Å². The summed E-state index contributed by atoms with van der Waals surface area (Å²) in [5, 5.41) is 0. The standard InChI is InChI=1S/C9H13NO2.C2H6/c1-11-9-4-2-8(3-5-9)6-12-7-10;1-2/h2-5H,6-7,10H2,1H3;1-2H3. The Kier molecular flexibility index (Phi) is 7.89. The molecule has 0 bridgehead atoms. The number of benzene rings is 1. The molecule has 0 aromatic heterocycles. The van der Waals surface area contributed by atoms with Crippen molar-refractivity contribution in [3.05, 3.63) is 29.8 Å². The zero-order valence-corrected chi connectivity index (χ0v) is 9.12. The van der Waals surface area contributed by atoms with Gasteiger partial charge in [-0.2, -0.15) is 0 Å². The van der Waals surface area contributed by atoms with Crippen molar-refractivity contribution in [2.24, 2.45) is 5.73 Å². The number of hydrogen-bond acceptors (Lipinski definition) is 3. The second-order valence-corrected chi connectivity index (χ2v) is 2.36. The monoisotopic (exact) mass is 197 g/mol. The Morgan fingerprint density at radius 2 is 1.71 bits per heavy atom. The Hall–Kier alpha value is -1.06. The number of ether oxygens (including phenoxy) is 2. The highest BCUT2D eigenvalue weighted by Gasteiger charge is 1.92. The maximum absolute atomic E-state index is 5.19. The molecule has 3 nitrogen and oxygen atoms in total. The van der Waals surface area contributed by atoms with Crippen LogP contribution in [0.4, 0.5) is 0 Å². The Morgan fingerprint density at radius 3 is 2.14 bits per heavy atom. The molecule has 0 amide bonds. The van der Waals surface area contributed by atoms with E-state index in [0.717, 1.165) is 11.3 Å². The van der Waals surface area contributed by atoms with Crippen LogP contribution in [0, 0.1) is 0 Å². The van der Waals surface area contributed by atoms with E-state index >= 15 is 0 Å². The van der Waals surface area contributed by atoms with E-state index in [-0.39, 0.29) is 6.73 Å². The molecule has 0 aliphatic carbocycles. The van der Waals surface area contributed by atoms with E-state index in [2.05, 4.69) is 0 Å². The predicted molar refractivity (Wildman–Crippen MR) is 58.2 cm³/mol. The third kappa shape index (κ3) is 4.84. The van der Waals surface area contributed by atoms with Crippen LogP contribution in [0.15, 0.2) is 24.3 Å². The van der Waals surface area contributed by atoms with Gasteiger partial charge in [0, 0.05) is 0 Å². The average molecular weight is 197 g/mol. The summed E-state index contributed by atoms with van der Waals surface area (Å²) in [6, 6.07) is 7.70. The summed E-state index contributed by atoms with van der Waals surface area (Å²) in [5.74, 6) is 0.853. The first-order chi connectivity index (χ1) is 6.86. The Bertz CT molecular complexity index is 221. The molecule has 0 unspecified atom stereocenters. The normalized spacial score (nSPS) is 8.86. The SMILES string of the molecule is CC.COc1ccc(COCN)cc1. The maximum atomic E-state index is 5.19. The fourth-order valence-electron chi connectivity index (χ4n) is 0.899. The molecule has 0 radical (unpaired) electrons. The van der Waals surface area contributed by atoms with Gasteiger partial charge in [0.15, 0.2) is 0 Å². The lowest BCUT2D eigenvalue weighted by Gasteiger charge is -2.02. The quantitative estimate of drug-likeness (QED) is 0.752. The van der Waals surface area contributed by atoms with Crippen molar-refractivity contribution in [2.45, 2.75) is 20.5 Å². The third-order valence-electron chi connectivity index (χ3n) is 1.55. The van der Waals surface area contributed by atoms with Gasteiger partial charge in [0.25, 0.3) is 0 Å². The maximum Gasteiger partial charge on any atom is 0.118 e. The van der Waals surface area contributed by atoms with Crippen molar-refractivity contribution in [1.29, 1.82) is 0 Å². The van der Waals surface area contributed by atoms with Crippen LogP contribution in [0.1, 0.15) is 19.4 Å². The molecule has 1 aromatic rings.